The third-order valence-corrected chi connectivity index (χ3v) is 6.21. The molecule has 1 aromatic heterocycles. The number of aromatic nitrogens is 2. The van der Waals surface area contributed by atoms with Crippen LogP contribution in [0.4, 0.5) is 5.13 Å². The molecular weight excluding hydrogens is 368 g/mol. The Labute approximate surface area is 161 Å². The number of anilines is 1. The van der Waals surface area contributed by atoms with Crippen LogP contribution in [-0.2, 0) is 16.0 Å². The van der Waals surface area contributed by atoms with E-state index in [1.807, 2.05) is 12.1 Å². The van der Waals surface area contributed by atoms with Crippen LogP contribution in [0.5, 0.6) is 0 Å². The van der Waals surface area contributed by atoms with Crippen molar-refractivity contribution in [2.24, 2.45) is 0 Å². The second kappa shape index (κ2) is 8.64. The molecule has 1 heterocycles. The van der Waals surface area contributed by atoms with Crippen LogP contribution in [-0.4, -0.2) is 40.4 Å². The van der Waals surface area contributed by atoms with Gasteiger partial charge in [0.25, 0.3) is 0 Å². The molecule has 2 aromatic rings. The molecule has 0 aliphatic heterocycles. The highest BCUT2D eigenvalue weighted by atomic mass is 32.2. The number of nitrogens with one attached hydrogen (secondary N) is 1. The highest BCUT2D eigenvalue weighted by molar-refractivity contribution is 8.01. The van der Waals surface area contributed by atoms with E-state index in [1.54, 1.807) is 11.8 Å². The summed E-state index contributed by atoms with van der Waals surface area (Å²) in [4.78, 5) is 25.5. The maximum Gasteiger partial charge on any atom is 0.230 e. The van der Waals surface area contributed by atoms with Crippen molar-refractivity contribution >= 4 is 40.0 Å². The van der Waals surface area contributed by atoms with Gasteiger partial charge in [-0.2, -0.15) is 0 Å². The van der Waals surface area contributed by atoms with Gasteiger partial charge < -0.3 is 5.32 Å². The largest absolute Gasteiger partial charge is 0.355 e. The van der Waals surface area contributed by atoms with E-state index in [-0.39, 0.29) is 17.9 Å². The zero-order valence-electron chi connectivity index (χ0n) is 14.9. The van der Waals surface area contributed by atoms with E-state index in [0.717, 1.165) is 19.3 Å². The minimum absolute atomic E-state index is 0.00542. The van der Waals surface area contributed by atoms with Gasteiger partial charge in [0.1, 0.15) is 0 Å². The molecule has 26 heavy (non-hydrogen) atoms. The molecule has 138 valence electrons. The Hall–Kier alpha value is -1.93. The molecule has 1 fully saturated rings. The van der Waals surface area contributed by atoms with Crippen molar-refractivity contribution in [3.8, 4) is 0 Å². The average Bonchev–Trinajstić information content (AvgIpc) is 3.32. The molecule has 3 rings (SSSR count). The van der Waals surface area contributed by atoms with E-state index in [0.29, 0.717) is 21.8 Å². The topological polar surface area (TPSA) is 75.2 Å². The number of nitrogens with zero attached hydrogens (tertiary/aromatic N) is 3. The molecular formula is C18H22N4O2S2. The number of rotatable bonds is 8. The average molecular weight is 391 g/mol. The normalized spacial score (nSPS) is 13.5. The lowest BCUT2D eigenvalue weighted by atomic mass is 10.1. The van der Waals surface area contributed by atoms with Crippen LogP contribution in [0.15, 0.2) is 28.6 Å². The van der Waals surface area contributed by atoms with E-state index >= 15 is 0 Å². The summed E-state index contributed by atoms with van der Waals surface area (Å²) in [5.41, 5.74) is 2.49. The van der Waals surface area contributed by atoms with Crippen molar-refractivity contribution < 1.29 is 9.59 Å². The fourth-order valence-corrected chi connectivity index (χ4v) is 4.43. The molecule has 1 aliphatic carbocycles. The van der Waals surface area contributed by atoms with Crippen molar-refractivity contribution in [1.29, 1.82) is 0 Å². The van der Waals surface area contributed by atoms with Crippen LogP contribution in [0.2, 0.25) is 0 Å². The number of aryl methyl sites for hydroxylation is 1. The van der Waals surface area contributed by atoms with Crippen LogP contribution >= 0.6 is 23.1 Å². The van der Waals surface area contributed by atoms with Gasteiger partial charge in [-0.1, -0.05) is 47.4 Å². The Morgan fingerprint density at radius 1 is 1.31 bits per heavy atom. The Balaban J connectivity index is 1.43. The van der Waals surface area contributed by atoms with Gasteiger partial charge in [-0.3, -0.25) is 14.5 Å². The SMILES string of the molecule is CC(=O)N(c1nnc(SCC(=O)NCCc2ccccc2C)s1)C1CC1. The van der Waals surface area contributed by atoms with E-state index < -0.39 is 0 Å². The zero-order valence-corrected chi connectivity index (χ0v) is 16.5. The van der Waals surface area contributed by atoms with Gasteiger partial charge in [-0.05, 0) is 37.3 Å². The Morgan fingerprint density at radius 3 is 2.77 bits per heavy atom. The quantitative estimate of drug-likeness (QED) is 0.554. The Bertz CT molecular complexity index is 789. The molecule has 0 bridgehead atoms. The Morgan fingerprint density at radius 2 is 2.08 bits per heavy atom. The number of hydrogen-bond donors (Lipinski definition) is 1. The maximum atomic E-state index is 12.0. The first-order valence-corrected chi connectivity index (χ1v) is 10.4. The van der Waals surface area contributed by atoms with Crippen molar-refractivity contribution in [2.75, 3.05) is 17.2 Å². The number of carbonyl (C=O) groups excluding carboxylic acids is 2. The lowest BCUT2D eigenvalue weighted by molar-refractivity contribution is -0.118. The van der Waals surface area contributed by atoms with Crippen molar-refractivity contribution in [2.45, 2.75) is 43.5 Å². The number of benzene rings is 1. The summed E-state index contributed by atoms with van der Waals surface area (Å²) in [6.07, 6.45) is 2.86. The number of hydrogen-bond acceptors (Lipinski definition) is 6. The van der Waals surface area contributed by atoms with Gasteiger partial charge in [0.15, 0.2) is 4.34 Å². The molecule has 0 spiro atoms. The van der Waals surface area contributed by atoms with Crippen LogP contribution in [0.3, 0.4) is 0 Å². The molecule has 0 unspecified atom stereocenters. The van der Waals surface area contributed by atoms with E-state index in [9.17, 15) is 9.59 Å². The fourth-order valence-electron chi connectivity index (χ4n) is 2.64. The molecule has 6 nitrogen and oxygen atoms in total. The maximum absolute atomic E-state index is 12.0. The van der Waals surface area contributed by atoms with Crippen LogP contribution in [0, 0.1) is 6.92 Å². The molecule has 8 heteroatoms. The first-order chi connectivity index (χ1) is 12.5. The minimum Gasteiger partial charge on any atom is -0.355 e. The summed E-state index contributed by atoms with van der Waals surface area (Å²) in [7, 11) is 0. The molecule has 2 amide bonds. The third-order valence-electron chi connectivity index (χ3n) is 4.16. The lowest BCUT2D eigenvalue weighted by Gasteiger charge is -2.15. The van der Waals surface area contributed by atoms with Crippen molar-refractivity contribution in [1.82, 2.24) is 15.5 Å². The van der Waals surface area contributed by atoms with Gasteiger partial charge in [-0.25, -0.2) is 0 Å². The smallest absolute Gasteiger partial charge is 0.230 e. The van der Waals surface area contributed by atoms with Gasteiger partial charge >= 0.3 is 0 Å². The molecule has 0 saturated heterocycles. The highest BCUT2D eigenvalue weighted by Crippen LogP contribution is 2.35. The molecule has 1 saturated carbocycles. The third kappa shape index (κ3) is 5.04. The predicted molar refractivity (Wildman–Crippen MR) is 105 cm³/mol. The first-order valence-electron chi connectivity index (χ1n) is 8.62. The van der Waals surface area contributed by atoms with Crippen LogP contribution in [0.1, 0.15) is 30.9 Å². The van der Waals surface area contributed by atoms with E-state index in [1.165, 1.54) is 34.2 Å². The summed E-state index contributed by atoms with van der Waals surface area (Å²) >= 11 is 2.72. The van der Waals surface area contributed by atoms with Gasteiger partial charge in [-0.15, -0.1) is 10.2 Å². The Kier molecular flexibility index (Phi) is 6.26. The predicted octanol–water partition coefficient (Wildman–Crippen LogP) is 2.81. The van der Waals surface area contributed by atoms with Crippen LogP contribution < -0.4 is 10.2 Å². The summed E-state index contributed by atoms with van der Waals surface area (Å²) < 4.78 is 0.709. The lowest BCUT2D eigenvalue weighted by Crippen LogP contribution is -2.30. The standard InChI is InChI=1S/C18H22N4O2S2/c1-12-5-3-4-6-14(12)9-10-19-16(24)11-25-18-21-20-17(26-18)22(13(2)23)15-7-8-15/h3-6,15H,7-11H2,1-2H3,(H,19,24). The van der Waals surface area contributed by atoms with E-state index in [4.69, 9.17) is 0 Å². The summed E-state index contributed by atoms with van der Waals surface area (Å²) in [6.45, 7) is 4.24. The minimum atomic E-state index is -0.0223. The summed E-state index contributed by atoms with van der Waals surface area (Å²) in [6, 6.07) is 8.45. The molecule has 1 aliphatic rings. The van der Waals surface area contributed by atoms with Crippen LogP contribution in [0.25, 0.3) is 0 Å². The van der Waals surface area contributed by atoms with Gasteiger partial charge in [0.2, 0.25) is 16.9 Å². The monoisotopic (exact) mass is 390 g/mol. The number of amides is 2. The van der Waals surface area contributed by atoms with Crippen molar-refractivity contribution in [3.63, 3.8) is 0 Å². The first kappa shape index (κ1) is 18.8. The van der Waals surface area contributed by atoms with Gasteiger partial charge in [0, 0.05) is 19.5 Å². The number of carbonyl (C=O) groups is 2. The van der Waals surface area contributed by atoms with E-state index in [2.05, 4.69) is 34.6 Å². The summed E-state index contributed by atoms with van der Waals surface area (Å²) in [5.74, 6) is 0.270. The second-order valence-electron chi connectivity index (χ2n) is 6.29. The molecule has 0 radical (unpaired) electrons. The zero-order chi connectivity index (χ0) is 18.5. The second-order valence-corrected chi connectivity index (χ2v) is 8.46. The molecule has 1 aromatic carbocycles. The number of thioether (sulfide) groups is 1. The fraction of sp³-hybridized carbons (Fsp3) is 0.444. The van der Waals surface area contributed by atoms with Crippen molar-refractivity contribution in [3.05, 3.63) is 35.4 Å². The molecule has 1 N–H and O–H groups in total. The van der Waals surface area contributed by atoms with Gasteiger partial charge in [0.05, 0.1) is 5.75 Å². The summed E-state index contributed by atoms with van der Waals surface area (Å²) in [5, 5.41) is 11.8. The molecule has 0 atom stereocenters. The highest BCUT2D eigenvalue weighted by Gasteiger charge is 2.34.